The molecule has 7 nitrogen and oxygen atoms in total. The van der Waals surface area contributed by atoms with E-state index in [9.17, 15) is 14.7 Å². The molecule has 0 spiro atoms. The van der Waals surface area contributed by atoms with Gasteiger partial charge in [-0.2, -0.15) is 0 Å². The van der Waals surface area contributed by atoms with Crippen LogP contribution < -0.4 is 10.4 Å². The third-order valence-electron chi connectivity index (χ3n) is 6.10. The Morgan fingerprint density at radius 1 is 1.21 bits per heavy atom. The van der Waals surface area contributed by atoms with E-state index in [1.54, 1.807) is 6.07 Å². The molecule has 1 unspecified atom stereocenters. The molecule has 2 aromatic rings. The normalized spacial score (nSPS) is 35.9. The summed E-state index contributed by atoms with van der Waals surface area (Å²) in [5.41, 5.74) is -2.77. The lowest BCUT2D eigenvalue weighted by Gasteiger charge is -2.49. The van der Waals surface area contributed by atoms with Gasteiger partial charge in [-0.05, 0) is 0 Å². The van der Waals surface area contributed by atoms with Crippen molar-refractivity contribution in [2.24, 2.45) is 0 Å². The number of fused-ring (bicyclic) bond motifs is 2. The summed E-state index contributed by atoms with van der Waals surface area (Å²) >= 11 is 0. The molecular weight excluding hydrogens is 364 g/mol. The molecule has 3 heterocycles. The van der Waals surface area contributed by atoms with Crippen LogP contribution in [0.4, 0.5) is 0 Å². The van der Waals surface area contributed by atoms with Crippen molar-refractivity contribution in [1.29, 1.82) is 0 Å². The number of rotatable bonds is 4. The van der Waals surface area contributed by atoms with Crippen molar-refractivity contribution in [1.82, 2.24) is 0 Å². The first kappa shape index (κ1) is 17.6. The molecule has 146 valence electrons. The standard InChI is InChI=1S/C21H20O7/c1-25-14-7-15(26-18(23)9-14)10-19-11-16-8-17(22)20(19,24)12-21(27-16,28-19)13-5-3-2-4-6-13/h2-7,9,16,24H,8,10-12H2,1H3/t16?,19-,20+,21-/m1/s1. The fourth-order valence-electron chi connectivity index (χ4n) is 4.90. The Morgan fingerprint density at radius 3 is 2.75 bits per heavy atom. The van der Waals surface area contributed by atoms with E-state index in [0.29, 0.717) is 17.9 Å². The molecule has 1 N–H and O–H groups in total. The van der Waals surface area contributed by atoms with Crippen LogP contribution in [0.2, 0.25) is 0 Å². The number of Topliss-reactive ketones (excluding diaryl/α,β-unsaturated/α-hetero) is 1. The number of carbonyl (C=O) groups excluding carboxylic acids is 1. The second kappa shape index (κ2) is 5.76. The maximum Gasteiger partial charge on any atom is 0.339 e. The van der Waals surface area contributed by atoms with Gasteiger partial charge in [0.2, 0.25) is 0 Å². The van der Waals surface area contributed by atoms with Crippen molar-refractivity contribution in [3.05, 3.63) is 64.2 Å². The van der Waals surface area contributed by atoms with E-state index < -0.39 is 22.6 Å². The van der Waals surface area contributed by atoms with Crippen molar-refractivity contribution >= 4 is 5.78 Å². The number of hydrogen-bond donors (Lipinski definition) is 1. The zero-order valence-electron chi connectivity index (χ0n) is 15.3. The number of hydrogen-bond acceptors (Lipinski definition) is 7. The number of carbonyl (C=O) groups is 1. The summed E-state index contributed by atoms with van der Waals surface area (Å²) in [5, 5.41) is 11.5. The van der Waals surface area contributed by atoms with Gasteiger partial charge in [-0.1, -0.05) is 30.3 Å². The SMILES string of the molecule is COc1cc(C[C@@]23CC4CC(=O)[C@@]2(O)C[C@@](c2ccccc2)(O4)O3)oc(=O)c1. The van der Waals surface area contributed by atoms with Crippen LogP contribution in [0.25, 0.3) is 0 Å². The molecule has 0 radical (unpaired) electrons. The quantitative estimate of drug-likeness (QED) is 0.857. The minimum Gasteiger partial charge on any atom is -0.496 e. The molecule has 3 bridgehead atoms. The van der Waals surface area contributed by atoms with E-state index in [4.69, 9.17) is 18.6 Å². The molecule has 2 saturated heterocycles. The average molecular weight is 384 g/mol. The Balaban J connectivity index is 1.62. The highest BCUT2D eigenvalue weighted by molar-refractivity contribution is 5.91. The zero-order chi connectivity index (χ0) is 19.6. The van der Waals surface area contributed by atoms with Crippen molar-refractivity contribution in [2.45, 2.75) is 48.8 Å². The fraction of sp³-hybridized carbons (Fsp3) is 0.429. The van der Waals surface area contributed by atoms with Gasteiger partial charge in [-0.3, -0.25) is 4.79 Å². The largest absolute Gasteiger partial charge is 0.496 e. The number of methoxy groups -OCH3 is 1. The van der Waals surface area contributed by atoms with Crippen LogP contribution in [0.15, 0.2) is 51.7 Å². The van der Waals surface area contributed by atoms with Crippen molar-refractivity contribution in [3.63, 3.8) is 0 Å². The average Bonchev–Trinajstić information content (AvgIpc) is 2.80. The van der Waals surface area contributed by atoms with E-state index in [2.05, 4.69) is 0 Å². The van der Waals surface area contributed by atoms with Crippen molar-refractivity contribution in [3.8, 4) is 5.75 Å². The molecule has 7 heteroatoms. The van der Waals surface area contributed by atoms with Gasteiger partial charge in [-0.25, -0.2) is 4.79 Å². The molecule has 1 saturated carbocycles. The minimum atomic E-state index is -1.72. The van der Waals surface area contributed by atoms with Crippen LogP contribution in [0.3, 0.4) is 0 Å². The Kier molecular flexibility index (Phi) is 3.62. The highest BCUT2D eigenvalue weighted by Gasteiger charge is 2.75. The summed E-state index contributed by atoms with van der Waals surface area (Å²) in [6, 6.07) is 12.1. The van der Waals surface area contributed by atoms with Gasteiger partial charge in [0.05, 0.1) is 19.3 Å². The zero-order valence-corrected chi connectivity index (χ0v) is 15.3. The lowest BCUT2D eigenvalue weighted by Crippen LogP contribution is -2.64. The third-order valence-corrected chi connectivity index (χ3v) is 6.10. The number of ketones is 1. The highest BCUT2D eigenvalue weighted by Crippen LogP contribution is 2.61. The molecule has 1 aliphatic carbocycles. The van der Waals surface area contributed by atoms with E-state index in [1.165, 1.54) is 13.2 Å². The highest BCUT2D eigenvalue weighted by atomic mass is 16.7. The number of benzene rings is 1. The molecule has 3 fully saturated rings. The molecule has 5 rings (SSSR count). The van der Waals surface area contributed by atoms with Crippen LogP contribution in [0, 0.1) is 0 Å². The first-order chi connectivity index (χ1) is 13.4. The maximum atomic E-state index is 12.9. The Hall–Kier alpha value is -2.48. The van der Waals surface area contributed by atoms with E-state index >= 15 is 0 Å². The minimum absolute atomic E-state index is 0.00749. The summed E-state index contributed by atoms with van der Waals surface area (Å²) < 4.78 is 23.0. The monoisotopic (exact) mass is 384 g/mol. The summed E-state index contributed by atoms with van der Waals surface area (Å²) in [6.45, 7) is 0. The van der Waals surface area contributed by atoms with Gasteiger partial charge >= 0.3 is 5.63 Å². The third kappa shape index (κ3) is 2.33. The van der Waals surface area contributed by atoms with Gasteiger partial charge in [0, 0.05) is 37.3 Å². The predicted molar refractivity (Wildman–Crippen MR) is 95.9 cm³/mol. The number of ether oxygens (including phenoxy) is 3. The summed E-state index contributed by atoms with van der Waals surface area (Å²) in [4.78, 5) is 24.7. The second-order valence-electron chi connectivity index (χ2n) is 7.78. The first-order valence-electron chi connectivity index (χ1n) is 9.25. The summed E-state index contributed by atoms with van der Waals surface area (Å²) in [7, 11) is 1.46. The lowest BCUT2D eigenvalue weighted by atomic mass is 9.68. The Morgan fingerprint density at radius 2 is 2.00 bits per heavy atom. The molecule has 1 aromatic heterocycles. The Bertz CT molecular complexity index is 999. The smallest absolute Gasteiger partial charge is 0.339 e. The second-order valence-corrected chi connectivity index (χ2v) is 7.78. The van der Waals surface area contributed by atoms with Gasteiger partial charge in [0.25, 0.3) is 0 Å². The van der Waals surface area contributed by atoms with E-state index in [0.717, 1.165) is 5.56 Å². The molecule has 3 aliphatic rings. The van der Waals surface area contributed by atoms with E-state index in [-0.39, 0.29) is 31.1 Å². The molecule has 4 atom stereocenters. The van der Waals surface area contributed by atoms with Crippen molar-refractivity contribution < 1.29 is 28.5 Å². The van der Waals surface area contributed by atoms with E-state index in [1.807, 2.05) is 30.3 Å². The molecule has 1 aromatic carbocycles. The van der Waals surface area contributed by atoms with Crippen LogP contribution in [0.1, 0.15) is 30.6 Å². The molecular formula is C21H20O7. The Labute approximate surface area is 160 Å². The van der Waals surface area contributed by atoms with Crippen LogP contribution >= 0.6 is 0 Å². The fourth-order valence-corrected chi connectivity index (χ4v) is 4.90. The topological polar surface area (TPSA) is 95.2 Å². The van der Waals surface area contributed by atoms with Crippen LogP contribution in [-0.4, -0.2) is 35.3 Å². The van der Waals surface area contributed by atoms with Crippen molar-refractivity contribution in [2.75, 3.05) is 7.11 Å². The van der Waals surface area contributed by atoms with Crippen LogP contribution in [0.5, 0.6) is 5.75 Å². The number of aliphatic hydroxyl groups is 1. The summed E-state index contributed by atoms with van der Waals surface area (Å²) in [5.74, 6) is -0.860. The van der Waals surface area contributed by atoms with Gasteiger partial charge in [0.15, 0.2) is 17.2 Å². The molecule has 0 amide bonds. The van der Waals surface area contributed by atoms with Gasteiger partial charge in [-0.15, -0.1) is 0 Å². The predicted octanol–water partition coefficient (Wildman–Crippen LogP) is 1.70. The maximum absolute atomic E-state index is 12.9. The molecule has 28 heavy (non-hydrogen) atoms. The molecule has 2 aliphatic heterocycles. The lowest BCUT2D eigenvalue weighted by molar-refractivity contribution is -0.334. The van der Waals surface area contributed by atoms with Crippen LogP contribution in [-0.2, 0) is 26.5 Å². The summed E-state index contributed by atoms with van der Waals surface area (Å²) in [6.07, 6.45) is 0.175. The first-order valence-corrected chi connectivity index (χ1v) is 9.25. The van der Waals surface area contributed by atoms with Gasteiger partial charge in [0.1, 0.15) is 17.1 Å². The van der Waals surface area contributed by atoms with Gasteiger partial charge < -0.3 is 23.7 Å².